The third-order valence-electron chi connectivity index (χ3n) is 3.74. The van der Waals surface area contributed by atoms with Gasteiger partial charge in [-0.25, -0.2) is 0 Å². The van der Waals surface area contributed by atoms with Gasteiger partial charge in [-0.2, -0.15) is 11.8 Å². The third kappa shape index (κ3) is 3.64. The number of nitrogens with one attached hydrogen (secondary N) is 1. The highest BCUT2D eigenvalue weighted by atomic mass is 32.2. The highest BCUT2D eigenvalue weighted by Gasteiger charge is 2.38. The fourth-order valence-corrected chi connectivity index (χ4v) is 4.39. The van der Waals surface area contributed by atoms with E-state index in [2.05, 4.69) is 33.1 Å². The second-order valence-electron chi connectivity index (χ2n) is 5.81. The Morgan fingerprint density at radius 2 is 2.19 bits per heavy atom. The molecule has 2 nitrogen and oxygen atoms in total. The molecule has 0 bridgehead atoms. The first-order valence-corrected chi connectivity index (χ1v) is 7.46. The van der Waals surface area contributed by atoms with Crippen molar-refractivity contribution in [3.63, 3.8) is 0 Å². The first kappa shape index (κ1) is 14.3. The molecule has 0 saturated heterocycles. The van der Waals surface area contributed by atoms with Crippen molar-refractivity contribution in [2.24, 2.45) is 11.3 Å². The summed E-state index contributed by atoms with van der Waals surface area (Å²) in [7, 11) is 2.08. The molecular formula is C13H27NOS. The zero-order valence-electron chi connectivity index (χ0n) is 11.1. The van der Waals surface area contributed by atoms with E-state index >= 15 is 0 Å². The molecule has 1 aliphatic rings. The summed E-state index contributed by atoms with van der Waals surface area (Å²) in [5, 5.41) is 13.3. The third-order valence-corrected chi connectivity index (χ3v) is 5.44. The Bertz CT molecular complexity index is 208. The van der Waals surface area contributed by atoms with E-state index in [1.165, 1.54) is 19.3 Å². The van der Waals surface area contributed by atoms with Crippen LogP contribution in [0.3, 0.4) is 0 Å². The zero-order chi connectivity index (χ0) is 12.2. The monoisotopic (exact) mass is 245 g/mol. The van der Waals surface area contributed by atoms with E-state index in [9.17, 15) is 0 Å². The maximum Gasteiger partial charge on any atom is 0.0464 e. The first-order chi connectivity index (χ1) is 7.51. The number of thioether (sulfide) groups is 1. The molecule has 1 aliphatic carbocycles. The first-order valence-electron chi connectivity index (χ1n) is 6.41. The summed E-state index contributed by atoms with van der Waals surface area (Å²) in [5.41, 5.74) is 0.410. The SMILES string of the molecule is CNC1C(SCC(C)CO)CCCC1(C)C. The number of aliphatic hydroxyl groups is 1. The van der Waals surface area contributed by atoms with E-state index in [4.69, 9.17) is 5.11 Å². The van der Waals surface area contributed by atoms with Gasteiger partial charge in [-0.15, -0.1) is 0 Å². The Morgan fingerprint density at radius 1 is 1.50 bits per heavy atom. The minimum atomic E-state index is 0.313. The quantitative estimate of drug-likeness (QED) is 0.780. The van der Waals surface area contributed by atoms with Gasteiger partial charge in [0.1, 0.15) is 0 Å². The maximum atomic E-state index is 9.06. The summed E-state index contributed by atoms with van der Waals surface area (Å²) < 4.78 is 0. The molecule has 3 atom stereocenters. The van der Waals surface area contributed by atoms with E-state index in [-0.39, 0.29) is 0 Å². The van der Waals surface area contributed by atoms with Gasteiger partial charge >= 0.3 is 0 Å². The van der Waals surface area contributed by atoms with Crippen molar-refractivity contribution in [3.05, 3.63) is 0 Å². The Kier molecular flexibility index (Phi) is 5.62. The lowest BCUT2D eigenvalue weighted by atomic mass is 9.73. The largest absolute Gasteiger partial charge is 0.396 e. The smallest absolute Gasteiger partial charge is 0.0464 e. The summed E-state index contributed by atoms with van der Waals surface area (Å²) in [6.45, 7) is 7.18. The summed E-state index contributed by atoms with van der Waals surface area (Å²) >= 11 is 2.04. The molecule has 1 saturated carbocycles. The normalized spacial score (nSPS) is 31.3. The van der Waals surface area contributed by atoms with Crippen molar-refractivity contribution >= 4 is 11.8 Å². The van der Waals surface area contributed by atoms with Crippen molar-refractivity contribution in [1.82, 2.24) is 5.32 Å². The van der Waals surface area contributed by atoms with E-state index in [1.54, 1.807) is 0 Å². The Balaban J connectivity index is 2.50. The molecule has 16 heavy (non-hydrogen) atoms. The van der Waals surface area contributed by atoms with E-state index in [1.807, 2.05) is 11.8 Å². The van der Waals surface area contributed by atoms with E-state index in [0.29, 0.717) is 29.2 Å². The molecule has 2 N–H and O–H groups in total. The minimum Gasteiger partial charge on any atom is -0.396 e. The van der Waals surface area contributed by atoms with Crippen molar-refractivity contribution in [3.8, 4) is 0 Å². The van der Waals surface area contributed by atoms with E-state index in [0.717, 1.165) is 5.75 Å². The molecule has 0 aromatic rings. The van der Waals surface area contributed by atoms with Gasteiger partial charge in [0.2, 0.25) is 0 Å². The van der Waals surface area contributed by atoms with Crippen LogP contribution in [0.1, 0.15) is 40.0 Å². The molecule has 0 aromatic carbocycles. The standard InChI is InChI=1S/C13H27NOS/c1-10(8-15)9-16-11-6-5-7-13(2,3)12(11)14-4/h10-12,14-15H,5-9H2,1-4H3. The molecule has 96 valence electrons. The Hall–Kier alpha value is 0.270. The fraction of sp³-hybridized carbons (Fsp3) is 1.00. The summed E-state index contributed by atoms with van der Waals surface area (Å²) in [6, 6.07) is 0.608. The topological polar surface area (TPSA) is 32.3 Å². The zero-order valence-corrected chi connectivity index (χ0v) is 11.9. The molecule has 0 aromatic heterocycles. The number of hydrogen-bond donors (Lipinski definition) is 2. The van der Waals surface area contributed by atoms with Gasteiger partial charge in [-0.3, -0.25) is 0 Å². The highest BCUT2D eigenvalue weighted by Crippen LogP contribution is 2.40. The number of rotatable bonds is 5. The van der Waals surface area contributed by atoms with Crippen LogP contribution in [-0.4, -0.2) is 35.8 Å². The van der Waals surface area contributed by atoms with Gasteiger partial charge in [0, 0.05) is 17.9 Å². The molecule has 0 radical (unpaired) electrons. The molecule has 0 spiro atoms. The lowest BCUT2D eigenvalue weighted by molar-refractivity contribution is 0.182. The van der Waals surface area contributed by atoms with Gasteiger partial charge in [0.05, 0.1) is 0 Å². The molecule has 3 unspecified atom stereocenters. The predicted molar refractivity (Wildman–Crippen MR) is 73.0 cm³/mol. The van der Waals surface area contributed by atoms with Gasteiger partial charge in [-0.05, 0) is 37.0 Å². The van der Waals surface area contributed by atoms with Gasteiger partial charge < -0.3 is 10.4 Å². The molecule has 0 heterocycles. The Morgan fingerprint density at radius 3 is 2.75 bits per heavy atom. The average molecular weight is 245 g/mol. The van der Waals surface area contributed by atoms with Crippen LogP contribution < -0.4 is 5.32 Å². The predicted octanol–water partition coefficient (Wildman–Crippen LogP) is 2.51. The molecule has 0 aliphatic heterocycles. The van der Waals surface area contributed by atoms with Crippen LogP contribution in [0.2, 0.25) is 0 Å². The second-order valence-corrected chi connectivity index (χ2v) is 7.08. The highest BCUT2D eigenvalue weighted by molar-refractivity contribution is 7.99. The summed E-state index contributed by atoms with van der Waals surface area (Å²) in [4.78, 5) is 0. The molecular weight excluding hydrogens is 218 g/mol. The Labute approximate surface area is 105 Å². The lowest BCUT2D eigenvalue weighted by Gasteiger charge is -2.44. The molecule has 1 fully saturated rings. The van der Waals surface area contributed by atoms with Crippen LogP contribution in [0.4, 0.5) is 0 Å². The molecule has 0 amide bonds. The molecule has 3 heteroatoms. The van der Waals surface area contributed by atoms with Crippen molar-refractivity contribution in [2.45, 2.75) is 51.3 Å². The van der Waals surface area contributed by atoms with Crippen LogP contribution in [0.5, 0.6) is 0 Å². The van der Waals surface area contributed by atoms with Gasteiger partial charge in [0.25, 0.3) is 0 Å². The van der Waals surface area contributed by atoms with E-state index < -0.39 is 0 Å². The lowest BCUT2D eigenvalue weighted by Crippen LogP contribution is -2.50. The van der Waals surface area contributed by atoms with Crippen LogP contribution in [0, 0.1) is 11.3 Å². The van der Waals surface area contributed by atoms with Crippen LogP contribution in [-0.2, 0) is 0 Å². The van der Waals surface area contributed by atoms with Gasteiger partial charge in [-0.1, -0.05) is 27.2 Å². The summed E-state index contributed by atoms with van der Waals surface area (Å²) in [6.07, 6.45) is 3.99. The van der Waals surface area contributed by atoms with Crippen LogP contribution >= 0.6 is 11.8 Å². The van der Waals surface area contributed by atoms with Crippen LogP contribution in [0.25, 0.3) is 0 Å². The van der Waals surface area contributed by atoms with Crippen molar-refractivity contribution in [2.75, 3.05) is 19.4 Å². The average Bonchev–Trinajstić information content (AvgIpc) is 2.24. The fourth-order valence-electron chi connectivity index (χ4n) is 2.68. The number of hydrogen-bond acceptors (Lipinski definition) is 3. The summed E-state index contributed by atoms with van der Waals surface area (Å²) in [5.74, 6) is 1.50. The minimum absolute atomic E-state index is 0.313. The molecule has 1 rings (SSSR count). The van der Waals surface area contributed by atoms with Crippen LogP contribution in [0.15, 0.2) is 0 Å². The number of aliphatic hydroxyl groups excluding tert-OH is 1. The second kappa shape index (κ2) is 6.27. The maximum absolute atomic E-state index is 9.06. The van der Waals surface area contributed by atoms with Gasteiger partial charge in [0.15, 0.2) is 0 Å². The van der Waals surface area contributed by atoms with Crippen molar-refractivity contribution in [1.29, 1.82) is 0 Å². The van der Waals surface area contributed by atoms with Crippen molar-refractivity contribution < 1.29 is 5.11 Å².